The van der Waals surface area contributed by atoms with Crippen LogP contribution < -0.4 is 10.5 Å². The Bertz CT molecular complexity index is 486. The first-order chi connectivity index (χ1) is 8.99. The molecular formula is C14H24N2O2S. The first-order valence-electron chi connectivity index (χ1n) is 6.81. The molecule has 5 heteroatoms. The van der Waals surface area contributed by atoms with E-state index in [9.17, 15) is 8.42 Å². The molecule has 0 aliphatic heterocycles. The summed E-state index contributed by atoms with van der Waals surface area (Å²) in [7, 11) is -3.43. The van der Waals surface area contributed by atoms with E-state index in [2.05, 4.69) is 11.6 Å². The van der Waals surface area contributed by atoms with E-state index in [1.807, 2.05) is 13.0 Å². The van der Waals surface area contributed by atoms with Crippen molar-refractivity contribution in [1.82, 2.24) is 4.72 Å². The van der Waals surface area contributed by atoms with Crippen molar-refractivity contribution in [3.05, 3.63) is 29.8 Å². The van der Waals surface area contributed by atoms with Gasteiger partial charge in [-0.15, -0.1) is 0 Å². The predicted molar refractivity (Wildman–Crippen MR) is 78.3 cm³/mol. The topological polar surface area (TPSA) is 72.2 Å². The number of unbranched alkanes of at least 4 members (excludes halogenated alkanes) is 2. The SMILES string of the molecule is CCCCCC(C)NS(=O)(=O)c1cccc(CN)c1. The number of rotatable bonds is 8. The largest absolute Gasteiger partial charge is 0.326 e. The maximum Gasteiger partial charge on any atom is 0.240 e. The standard InChI is InChI=1S/C14H24N2O2S/c1-3-4-5-7-12(2)16-19(17,18)14-9-6-8-13(10-14)11-15/h6,8-10,12,16H,3-5,7,11,15H2,1-2H3. The van der Waals surface area contributed by atoms with E-state index in [0.717, 1.165) is 31.2 Å². The average Bonchev–Trinajstić information content (AvgIpc) is 2.38. The number of hydrogen-bond acceptors (Lipinski definition) is 3. The van der Waals surface area contributed by atoms with Gasteiger partial charge < -0.3 is 5.73 Å². The van der Waals surface area contributed by atoms with Crippen LogP contribution in [0.25, 0.3) is 0 Å². The van der Waals surface area contributed by atoms with E-state index in [0.29, 0.717) is 6.54 Å². The minimum atomic E-state index is -3.43. The third kappa shape index (κ3) is 5.30. The second-order valence-corrected chi connectivity index (χ2v) is 6.58. The van der Waals surface area contributed by atoms with Gasteiger partial charge in [-0.3, -0.25) is 0 Å². The van der Waals surface area contributed by atoms with Gasteiger partial charge in [-0.1, -0.05) is 38.3 Å². The molecule has 0 aliphatic rings. The second-order valence-electron chi connectivity index (χ2n) is 4.87. The van der Waals surface area contributed by atoms with Crippen LogP contribution in [0.15, 0.2) is 29.2 Å². The van der Waals surface area contributed by atoms with Gasteiger partial charge in [-0.2, -0.15) is 0 Å². The third-order valence-corrected chi connectivity index (χ3v) is 4.63. The normalized spacial score (nSPS) is 13.4. The molecule has 1 rings (SSSR count). The Hall–Kier alpha value is -0.910. The first kappa shape index (κ1) is 16.1. The summed E-state index contributed by atoms with van der Waals surface area (Å²) in [4.78, 5) is 0.290. The fourth-order valence-electron chi connectivity index (χ4n) is 1.93. The Labute approximate surface area is 116 Å². The van der Waals surface area contributed by atoms with E-state index in [1.165, 1.54) is 0 Å². The van der Waals surface area contributed by atoms with Crippen LogP contribution in [0.1, 0.15) is 45.1 Å². The summed E-state index contributed by atoms with van der Waals surface area (Å²) >= 11 is 0. The maximum absolute atomic E-state index is 12.2. The Morgan fingerprint density at radius 2 is 2.05 bits per heavy atom. The molecule has 0 saturated carbocycles. The van der Waals surface area contributed by atoms with Gasteiger partial charge in [0, 0.05) is 12.6 Å². The van der Waals surface area contributed by atoms with Gasteiger partial charge >= 0.3 is 0 Å². The summed E-state index contributed by atoms with van der Waals surface area (Å²) in [6, 6.07) is 6.72. The molecule has 0 heterocycles. The highest BCUT2D eigenvalue weighted by Crippen LogP contribution is 2.13. The molecule has 0 radical (unpaired) electrons. The molecule has 0 aromatic heterocycles. The summed E-state index contributed by atoms with van der Waals surface area (Å²) in [6.07, 6.45) is 4.18. The summed E-state index contributed by atoms with van der Waals surface area (Å²) in [5, 5.41) is 0. The van der Waals surface area contributed by atoms with Crippen molar-refractivity contribution in [2.45, 2.75) is 57.0 Å². The second kappa shape index (κ2) is 7.62. The van der Waals surface area contributed by atoms with Crippen LogP contribution in [0.5, 0.6) is 0 Å². The van der Waals surface area contributed by atoms with E-state index >= 15 is 0 Å². The van der Waals surface area contributed by atoms with Crippen LogP contribution in [-0.2, 0) is 16.6 Å². The van der Waals surface area contributed by atoms with Gasteiger partial charge in [0.2, 0.25) is 10.0 Å². The Morgan fingerprint density at radius 3 is 2.68 bits per heavy atom. The minimum absolute atomic E-state index is 0.0434. The number of hydrogen-bond donors (Lipinski definition) is 2. The summed E-state index contributed by atoms with van der Waals surface area (Å²) in [5.41, 5.74) is 6.35. The number of sulfonamides is 1. The Morgan fingerprint density at radius 1 is 1.32 bits per heavy atom. The lowest BCUT2D eigenvalue weighted by molar-refractivity contribution is 0.527. The third-order valence-electron chi connectivity index (χ3n) is 3.04. The molecule has 0 aliphatic carbocycles. The first-order valence-corrected chi connectivity index (χ1v) is 8.29. The summed E-state index contributed by atoms with van der Waals surface area (Å²) in [6.45, 7) is 4.38. The Kier molecular flexibility index (Phi) is 6.48. The summed E-state index contributed by atoms with van der Waals surface area (Å²) < 4.78 is 27.1. The monoisotopic (exact) mass is 284 g/mol. The number of nitrogens with two attached hydrogens (primary N) is 1. The number of nitrogens with one attached hydrogen (secondary N) is 1. The molecule has 3 N–H and O–H groups in total. The molecular weight excluding hydrogens is 260 g/mol. The zero-order valence-electron chi connectivity index (χ0n) is 11.7. The van der Waals surface area contributed by atoms with Crippen molar-refractivity contribution in [3.63, 3.8) is 0 Å². The fraction of sp³-hybridized carbons (Fsp3) is 0.571. The smallest absolute Gasteiger partial charge is 0.240 e. The van der Waals surface area contributed by atoms with Crippen molar-refractivity contribution < 1.29 is 8.42 Å². The molecule has 1 unspecified atom stereocenters. The van der Waals surface area contributed by atoms with Crippen molar-refractivity contribution >= 4 is 10.0 Å². The van der Waals surface area contributed by atoms with Crippen LogP contribution in [0.3, 0.4) is 0 Å². The molecule has 19 heavy (non-hydrogen) atoms. The Balaban J connectivity index is 2.69. The van der Waals surface area contributed by atoms with E-state index in [-0.39, 0.29) is 10.9 Å². The summed E-state index contributed by atoms with van der Waals surface area (Å²) in [5.74, 6) is 0. The molecule has 0 spiro atoms. The number of benzene rings is 1. The zero-order chi connectivity index (χ0) is 14.3. The molecule has 1 aromatic carbocycles. The van der Waals surface area contributed by atoms with Crippen LogP contribution in [0.2, 0.25) is 0 Å². The van der Waals surface area contributed by atoms with Gasteiger partial charge in [-0.25, -0.2) is 13.1 Å². The quantitative estimate of drug-likeness (QED) is 0.720. The fourth-order valence-corrected chi connectivity index (χ4v) is 3.28. The van der Waals surface area contributed by atoms with Crippen molar-refractivity contribution in [2.75, 3.05) is 0 Å². The van der Waals surface area contributed by atoms with Gasteiger partial charge in [0.15, 0.2) is 0 Å². The highest BCUT2D eigenvalue weighted by molar-refractivity contribution is 7.89. The molecule has 0 saturated heterocycles. The van der Waals surface area contributed by atoms with Crippen molar-refractivity contribution in [2.24, 2.45) is 5.73 Å². The van der Waals surface area contributed by atoms with Crippen LogP contribution in [0.4, 0.5) is 0 Å². The van der Waals surface area contributed by atoms with Crippen LogP contribution >= 0.6 is 0 Å². The molecule has 1 atom stereocenters. The van der Waals surface area contributed by atoms with E-state index in [1.54, 1.807) is 18.2 Å². The molecule has 1 aromatic rings. The van der Waals surface area contributed by atoms with Gasteiger partial charge in [0.05, 0.1) is 4.90 Å². The molecule has 0 fully saturated rings. The lowest BCUT2D eigenvalue weighted by Gasteiger charge is -2.14. The van der Waals surface area contributed by atoms with Gasteiger partial charge in [0.1, 0.15) is 0 Å². The molecule has 0 bridgehead atoms. The van der Waals surface area contributed by atoms with Gasteiger partial charge in [0.25, 0.3) is 0 Å². The van der Waals surface area contributed by atoms with Crippen molar-refractivity contribution in [3.8, 4) is 0 Å². The van der Waals surface area contributed by atoms with E-state index < -0.39 is 10.0 Å². The van der Waals surface area contributed by atoms with Crippen molar-refractivity contribution in [1.29, 1.82) is 0 Å². The minimum Gasteiger partial charge on any atom is -0.326 e. The lowest BCUT2D eigenvalue weighted by Crippen LogP contribution is -2.32. The zero-order valence-corrected chi connectivity index (χ0v) is 12.5. The molecule has 0 amide bonds. The lowest BCUT2D eigenvalue weighted by atomic mass is 10.1. The van der Waals surface area contributed by atoms with Crippen LogP contribution in [0, 0.1) is 0 Å². The highest BCUT2D eigenvalue weighted by Gasteiger charge is 2.17. The van der Waals surface area contributed by atoms with Gasteiger partial charge in [-0.05, 0) is 31.0 Å². The average molecular weight is 284 g/mol. The molecule has 108 valence electrons. The highest BCUT2D eigenvalue weighted by atomic mass is 32.2. The van der Waals surface area contributed by atoms with Crippen LogP contribution in [-0.4, -0.2) is 14.5 Å². The molecule has 4 nitrogen and oxygen atoms in total. The van der Waals surface area contributed by atoms with E-state index in [4.69, 9.17) is 5.73 Å². The maximum atomic E-state index is 12.2. The predicted octanol–water partition coefficient (Wildman–Crippen LogP) is 2.39.